The van der Waals surface area contributed by atoms with Gasteiger partial charge in [0.15, 0.2) is 0 Å². The van der Waals surface area contributed by atoms with E-state index in [0.29, 0.717) is 0 Å². The van der Waals surface area contributed by atoms with Crippen molar-refractivity contribution in [2.24, 2.45) is 0 Å². The Labute approximate surface area is 128 Å². The molecule has 0 saturated carbocycles. The zero-order valence-electron chi connectivity index (χ0n) is 11.1. The molecule has 0 saturated heterocycles. The molecule has 2 aromatic rings. The second kappa shape index (κ2) is 6.44. The Kier molecular flexibility index (Phi) is 4.89. The highest BCUT2D eigenvalue weighted by Crippen LogP contribution is 2.29. The maximum Gasteiger partial charge on any atom is 0.0502 e. The van der Waals surface area contributed by atoms with E-state index >= 15 is 0 Å². The standard InChI is InChI=1S/C16H17BrClN/c1-3-12-4-6-13(7-5-12)10-19-16-9-15(18)11(2)8-14(16)17/h4-9,19H,3,10H2,1-2H3. The molecule has 3 heteroatoms. The third-order valence-electron chi connectivity index (χ3n) is 3.16. The Balaban J connectivity index is 2.07. The Bertz CT molecular complexity index is 564. The minimum Gasteiger partial charge on any atom is -0.380 e. The lowest BCUT2D eigenvalue weighted by Crippen LogP contribution is -2.00. The molecule has 0 atom stereocenters. The Morgan fingerprint density at radius 1 is 1.11 bits per heavy atom. The van der Waals surface area contributed by atoms with Gasteiger partial charge in [0.25, 0.3) is 0 Å². The van der Waals surface area contributed by atoms with Crippen molar-refractivity contribution in [2.75, 3.05) is 5.32 Å². The Morgan fingerprint density at radius 2 is 1.74 bits per heavy atom. The van der Waals surface area contributed by atoms with E-state index in [9.17, 15) is 0 Å². The van der Waals surface area contributed by atoms with E-state index in [2.05, 4.69) is 52.4 Å². The first-order valence-electron chi connectivity index (χ1n) is 6.37. The smallest absolute Gasteiger partial charge is 0.0502 e. The van der Waals surface area contributed by atoms with Crippen LogP contribution in [0.25, 0.3) is 0 Å². The average molecular weight is 339 g/mol. The van der Waals surface area contributed by atoms with Gasteiger partial charge in [-0.2, -0.15) is 0 Å². The molecule has 19 heavy (non-hydrogen) atoms. The van der Waals surface area contributed by atoms with Crippen molar-refractivity contribution in [3.63, 3.8) is 0 Å². The molecular formula is C16H17BrClN. The highest BCUT2D eigenvalue weighted by Gasteiger charge is 2.04. The van der Waals surface area contributed by atoms with Crippen molar-refractivity contribution < 1.29 is 0 Å². The fourth-order valence-corrected chi connectivity index (χ4v) is 2.63. The first kappa shape index (κ1) is 14.4. The number of benzene rings is 2. The van der Waals surface area contributed by atoms with Crippen LogP contribution in [0.4, 0.5) is 5.69 Å². The fourth-order valence-electron chi connectivity index (χ4n) is 1.87. The van der Waals surface area contributed by atoms with Crippen LogP contribution in [0.3, 0.4) is 0 Å². The molecule has 0 heterocycles. The van der Waals surface area contributed by atoms with Gasteiger partial charge < -0.3 is 5.32 Å². The number of hydrogen-bond donors (Lipinski definition) is 1. The zero-order valence-corrected chi connectivity index (χ0v) is 13.5. The lowest BCUT2D eigenvalue weighted by atomic mass is 10.1. The van der Waals surface area contributed by atoms with Gasteiger partial charge in [0.05, 0.1) is 5.69 Å². The zero-order chi connectivity index (χ0) is 13.8. The number of aryl methyl sites for hydroxylation is 2. The first-order chi connectivity index (χ1) is 9.10. The van der Waals surface area contributed by atoms with E-state index in [1.54, 1.807) is 0 Å². The van der Waals surface area contributed by atoms with Crippen LogP contribution in [0.1, 0.15) is 23.6 Å². The summed E-state index contributed by atoms with van der Waals surface area (Å²) in [6.07, 6.45) is 1.08. The van der Waals surface area contributed by atoms with Crippen LogP contribution in [0, 0.1) is 6.92 Å². The monoisotopic (exact) mass is 337 g/mol. The second-order valence-electron chi connectivity index (χ2n) is 4.60. The highest BCUT2D eigenvalue weighted by atomic mass is 79.9. The summed E-state index contributed by atoms with van der Waals surface area (Å²) in [4.78, 5) is 0. The van der Waals surface area contributed by atoms with Gasteiger partial charge in [-0.1, -0.05) is 42.8 Å². The summed E-state index contributed by atoms with van der Waals surface area (Å²) < 4.78 is 1.04. The molecule has 2 aromatic carbocycles. The molecule has 0 aliphatic heterocycles. The largest absolute Gasteiger partial charge is 0.380 e. The fraction of sp³-hybridized carbons (Fsp3) is 0.250. The highest BCUT2D eigenvalue weighted by molar-refractivity contribution is 9.10. The molecule has 0 spiro atoms. The summed E-state index contributed by atoms with van der Waals surface area (Å²) in [7, 11) is 0. The summed E-state index contributed by atoms with van der Waals surface area (Å²) >= 11 is 9.70. The molecule has 0 radical (unpaired) electrons. The van der Waals surface area contributed by atoms with Crippen LogP contribution in [0.15, 0.2) is 40.9 Å². The normalized spacial score (nSPS) is 10.5. The molecular weight excluding hydrogens is 322 g/mol. The lowest BCUT2D eigenvalue weighted by Gasteiger charge is -2.11. The molecule has 0 aliphatic carbocycles. The number of nitrogens with one attached hydrogen (secondary N) is 1. The van der Waals surface area contributed by atoms with Gasteiger partial charge in [-0.3, -0.25) is 0 Å². The van der Waals surface area contributed by atoms with Gasteiger partial charge >= 0.3 is 0 Å². The van der Waals surface area contributed by atoms with Crippen LogP contribution in [-0.4, -0.2) is 0 Å². The average Bonchev–Trinajstić information content (AvgIpc) is 2.42. The summed E-state index contributed by atoms with van der Waals surface area (Å²) in [6, 6.07) is 12.7. The van der Waals surface area contributed by atoms with Gasteiger partial charge in [-0.05, 0) is 58.1 Å². The van der Waals surface area contributed by atoms with E-state index in [1.165, 1.54) is 11.1 Å². The summed E-state index contributed by atoms with van der Waals surface area (Å²) in [5.41, 5.74) is 4.73. The number of rotatable bonds is 4. The molecule has 0 fully saturated rings. The van der Waals surface area contributed by atoms with Crippen molar-refractivity contribution in [3.05, 3.63) is 62.6 Å². The van der Waals surface area contributed by atoms with Crippen LogP contribution >= 0.6 is 27.5 Å². The molecule has 1 N–H and O–H groups in total. The SMILES string of the molecule is CCc1ccc(CNc2cc(Cl)c(C)cc2Br)cc1. The van der Waals surface area contributed by atoms with Gasteiger partial charge in [0.2, 0.25) is 0 Å². The predicted octanol–water partition coefficient (Wildman–Crippen LogP) is 5.59. The maximum atomic E-state index is 6.15. The molecule has 100 valence electrons. The summed E-state index contributed by atoms with van der Waals surface area (Å²) in [6.45, 7) is 4.96. The topological polar surface area (TPSA) is 12.0 Å². The third kappa shape index (κ3) is 3.74. The minimum atomic E-state index is 0.784. The van der Waals surface area contributed by atoms with E-state index in [4.69, 9.17) is 11.6 Å². The van der Waals surface area contributed by atoms with E-state index in [0.717, 1.165) is 33.7 Å². The summed E-state index contributed by atoms with van der Waals surface area (Å²) in [5.74, 6) is 0. The van der Waals surface area contributed by atoms with Crippen LogP contribution in [0.5, 0.6) is 0 Å². The molecule has 0 bridgehead atoms. The van der Waals surface area contributed by atoms with Crippen molar-refractivity contribution in [2.45, 2.75) is 26.8 Å². The third-order valence-corrected chi connectivity index (χ3v) is 4.23. The molecule has 0 aromatic heterocycles. The van der Waals surface area contributed by atoms with Gasteiger partial charge in [-0.25, -0.2) is 0 Å². The predicted molar refractivity (Wildman–Crippen MR) is 87.0 cm³/mol. The van der Waals surface area contributed by atoms with Crippen LogP contribution in [0.2, 0.25) is 5.02 Å². The molecule has 1 nitrogen and oxygen atoms in total. The number of hydrogen-bond acceptors (Lipinski definition) is 1. The van der Waals surface area contributed by atoms with Gasteiger partial charge in [-0.15, -0.1) is 0 Å². The van der Waals surface area contributed by atoms with Crippen molar-refractivity contribution >= 4 is 33.2 Å². The van der Waals surface area contributed by atoms with Crippen molar-refractivity contribution in [1.82, 2.24) is 0 Å². The number of anilines is 1. The van der Waals surface area contributed by atoms with Crippen molar-refractivity contribution in [3.8, 4) is 0 Å². The first-order valence-corrected chi connectivity index (χ1v) is 7.54. The van der Waals surface area contributed by atoms with E-state index in [1.807, 2.05) is 19.1 Å². The molecule has 0 unspecified atom stereocenters. The van der Waals surface area contributed by atoms with Gasteiger partial charge in [0, 0.05) is 16.0 Å². The van der Waals surface area contributed by atoms with Crippen LogP contribution in [-0.2, 0) is 13.0 Å². The van der Waals surface area contributed by atoms with E-state index < -0.39 is 0 Å². The maximum absolute atomic E-state index is 6.15. The Hall–Kier alpha value is -0.990. The number of halogens is 2. The Morgan fingerprint density at radius 3 is 2.37 bits per heavy atom. The van der Waals surface area contributed by atoms with E-state index in [-0.39, 0.29) is 0 Å². The minimum absolute atomic E-state index is 0.784. The molecule has 0 aliphatic rings. The molecule has 2 rings (SSSR count). The van der Waals surface area contributed by atoms with Crippen molar-refractivity contribution in [1.29, 1.82) is 0 Å². The molecule has 0 amide bonds. The summed E-state index contributed by atoms with van der Waals surface area (Å²) in [5, 5.41) is 4.19. The van der Waals surface area contributed by atoms with Crippen LogP contribution < -0.4 is 5.32 Å². The lowest BCUT2D eigenvalue weighted by molar-refractivity contribution is 1.10. The quantitative estimate of drug-likeness (QED) is 0.766. The van der Waals surface area contributed by atoms with Gasteiger partial charge in [0.1, 0.15) is 0 Å². The second-order valence-corrected chi connectivity index (χ2v) is 5.87.